The largest absolute Gasteiger partial charge is 0.497 e. The SMILES string of the molecule is COc1ccc2c(c1)C=C(c1c(C(=O)N3CCOCC3)c(C)nn1C)Cn1c-2c(C2CCCCC2)c2ccc(C(=O)NSC(C)C)cc21. The molecule has 0 atom stereocenters. The smallest absolute Gasteiger partial charge is 0.261 e. The molecule has 9 nitrogen and oxygen atoms in total. The van der Waals surface area contributed by atoms with Gasteiger partial charge in [-0.2, -0.15) is 5.10 Å². The van der Waals surface area contributed by atoms with E-state index < -0.39 is 0 Å². The number of rotatable bonds is 7. The van der Waals surface area contributed by atoms with Crippen molar-refractivity contribution in [1.29, 1.82) is 0 Å². The van der Waals surface area contributed by atoms with Crippen LogP contribution in [0, 0.1) is 6.92 Å². The van der Waals surface area contributed by atoms with Crippen LogP contribution in [-0.2, 0) is 18.3 Å². The summed E-state index contributed by atoms with van der Waals surface area (Å²) in [6.07, 6.45) is 8.19. The van der Waals surface area contributed by atoms with Crippen LogP contribution < -0.4 is 9.46 Å². The third kappa shape index (κ3) is 5.94. The van der Waals surface area contributed by atoms with Crippen molar-refractivity contribution in [2.75, 3.05) is 33.4 Å². The molecule has 2 fully saturated rings. The molecule has 1 N–H and O–H groups in total. The minimum atomic E-state index is -0.0967. The van der Waals surface area contributed by atoms with Crippen LogP contribution in [0.1, 0.15) is 95.1 Å². The van der Waals surface area contributed by atoms with Crippen molar-refractivity contribution in [3.05, 3.63) is 70.0 Å². The molecular weight excluding hydrogens is 623 g/mol. The highest BCUT2D eigenvalue weighted by Crippen LogP contribution is 2.48. The van der Waals surface area contributed by atoms with E-state index in [-0.39, 0.29) is 17.1 Å². The zero-order valence-corrected chi connectivity index (χ0v) is 29.4. The lowest BCUT2D eigenvalue weighted by Gasteiger charge is -2.27. The molecule has 2 aromatic carbocycles. The standard InChI is InChI=1S/C38H45N5O4S/c1-23(2)48-40-37(44)26-11-13-31-32(21-26)43-22-28(35-33(24(3)39-41(35)4)38(45)42-15-17-47-18-16-42)19-27-20-29(46-5)12-14-30(27)36(43)34(31)25-9-7-6-8-10-25/h11-14,19-21,23,25H,6-10,15-18,22H2,1-5H3,(H,40,44). The lowest BCUT2D eigenvalue weighted by Crippen LogP contribution is -2.41. The summed E-state index contributed by atoms with van der Waals surface area (Å²) >= 11 is 1.43. The van der Waals surface area contributed by atoms with Crippen LogP contribution in [0.2, 0.25) is 0 Å². The first-order valence-corrected chi connectivity index (χ1v) is 18.0. The normalized spacial score (nSPS) is 16.8. The first kappa shape index (κ1) is 32.5. The lowest BCUT2D eigenvalue weighted by molar-refractivity contribution is 0.0302. The van der Waals surface area contributed by atoms with Crippen molar-refractivity contribution >= 4 is 46.3 Å². The molecule has 4 aromatic rings. The molecule has 7 rings (SSSR count). The molecule has 1 aliphatic carbocycles. The van der Waals surface area contributed by atoms with E-state index in [2.05, 4.69) is 53.5 Å². The van der Waals surface area contributed by atoms with Gasteiger partial charge in [-0.25, -0.2) is 0 Å². The number of fused-ring (bicyclic) bond motifs is 5. The van der Waals surface area contributed by atoms with Crippen molar-refractivity contribution in [2.24, 2.45) is 7.05 Å². The molecule has 2 aromatic heterocycles. The van der Waals surface area contributed by atoms with E-state index in [1.807, 2.05) is 35.7 Å². The van der Waals surface area contributed by atoms with Crippen molar-refractivity contribution in [3.63, 3.8) is 0 Å². The summed E-state index contributed by atoms with van der Waals surface area (Å²) in [6, 6.07) is 12.5. The monoisotopic (exact) mass is 667 g/mol. The number of hydrogen-bond donors (Lipinski definition) is 1. The Morgan fingerprint density at radius 2 is 1.81 bits per heavy atom. The van der Waals surface area contributed by atoms with Gasteiger partial charge in [-0.05, 0) is 90.7 Å². The third-order valence-electron chi connectivity index (χ3n) is 9.98. The average molecular weight is 668 g/mol. The van der Waals surface area contributed by atoms with Crippen LogP contribution in [0.25, 0.3) is 33.8 Å². The second kappa shape index (κ2) is 13.5. The Morgan fingerprint density at radius 1 is 1.04 bits per heavy atom. The van der Waals surface area contributed by atoms with Crippen LogP contribution >= 0.6 is 11.9 Å². The summed E-state index contributed by atoms with van der Waals surface area (Å²) in [7, 11) is 3.62. The van der Waals surface area contributed by atoms with Gasteiger partial charge in [-0.3, -0.25) is 19.0 Å². The highest BCUT2D eigenvalue weighted by molar-refractivity contribution is 7.98. The number of carbonyl (C=O) groups excluding carboxylic acids is 2. The minimum absolute atomic E-state index is 0.0167. The molecule has 2 amide bonds. The summed E-state index contributed by atoms with van der Waals surface area (Å²) in [6.45, 7) is 8.75. The fourth-order valence-electron chi connectivity index (χ4n) is 7.76. The number of aryl methyl sites for hydroxylation is 2. The molecule has 0 radical (unpaired) electrons. The van der Waals surface area contributed by atoms with E-state index in [4.69, 9.17) is 14.6 Å². The molecule has 2 aliphatic heterocycles. The van der Waals surface area contributed by atoms with E-state index in [1.165, 1.54) is 47.9 Å². The number of hydrogen-bond acceptors (Lipinski definition) is 6. The van der Waals surface area contributed by atoms with Gasteiger partial charge in [0.2, 0.25) is 0 Å². The Morgan fingerprint density at radius 3 is 2.54 bits per heavy atom. The average Bonchev–Trinajstić information content (AvgIpc) is 3.52. The van der Waals surface area contributed by atoms with E-state index in [0.717, 1.165) is 46.5 Å². The minimum Gasteiger partial charge on any atom is -0.497 e. The van der Waals surface area contributed by atoms with Gasteiger partial charge in [0.05, 0.1) is 49.5 Å². The molecule has 48 heavy (non-hydrogen) atoms. The van der Waals surface area contributed by atoms with Gasteiger partial charge in [-0.15, -0.1) is 0 Å². The summed E-state index contributed by atoms with van der Waals surface area (Å²) in [5, 5.41) is 6.27. The Labute approximate surface area is 286 Å². The molecule has 4 heterocycles. The topological polar surface area (TPSA) is 90.6 Å². The number of amides is 2. The number of nitrogens with zero attached hydrogens (tertiary/aromatic N) is 4. The van der Waals surface area contributed by atoms with Gasteiger partial charge in [0, 0.05) is 47.4 Å². The summed E-state index contributed by atoms with van der Waals surface area (Å²) < 4.78 is 18.6. The van der Waals surface area contributed by atoms with Crippen LogP contribution in [0.5, 0.6) is 5.75 Å². The molecular formula is C38H45N5O4S. The summed E-state index contributed by atoms with van der Waals surface area (Å²) in [4.78, 5) is 29.4. The second-order valence-corrected chi connectivity index (χ2v) is 14.9. The number of benzene rings is 2. The predicted molar refractivity (Wildman–Crippen MR) is 192 cm³/mol. The lowest BCUT2D eigenvalue weighted by atomic mass is 9.81. The first-order valence-electron chi connectivity index (χ1n) is 17.2. The van der Waals surface area contributed by atoms with Gasteiger partial charge >= 0.3 is 0 Å². The first-order chi connectivity index (χ1) is 23.2. The predicted octanol–water partition coefficient (Wildman–Crippen LogP) is 7.22. The Balaban J connectivity index is 1.46. The maximum atomic E-state index is 14.1. The van der Waals surface area contributed by atoms with E-state index in [1.54, 1.807) is 7.11 Å². The van der Waals surface area contributed by atoms with Gasteiger partial charge in [-0.1, -0.05) is 39.2 Å². The summed E-state index contributed by atoms with van der Waals surface area (Å²) in [5.74, 6) is 1.08. The zero-order valence-electron chi connectivity index (χ0n) is 28.6. The zero-order chi connectivity index (χ0) is 33.5. The quantitative estimate of drug-likeness (QED) is 0.210. The molecule has 252 valence electrons. The number of nitrogens with one attached hydrogen (secondary N) is 1. The van der Waals surface area contributed by atoms with E-state index >= 15 is 0 Å². The maximum absolute atomic E-state index is 14.1. The van der Waals surface area contributed by atoms with Gasteiger partial charge in [0.15, 0.2) is 0 Å². The molecule has 0 spiro atoms. The number of morpholine rings is 1. The molecule has 1 saturated heterocycles. The third-order valence-corrected chi connectivity index (χ3v) is 10.8. The van der Waals surface area contributed by atoms with Crippen LogP contribution in [0.3, 0.4) is 0 Å². The van der Waals surface area contributed by atoms with Gasteiger partial charge in [0.1, 0.15) is 5.75 Å². The summed E-state index contributed by atoms with van der Waals surface area (Å²) in [5.41, 5.74) is 9.53. The molecule has 0 unspecified atom stereocenters. The van der Waals surface area contributed by atoms with Gasteiger partial charge in [0.25, 0.3) is 11.8 Å². The number of carbonyl (C=O) groups is 2. The van der Waals surface area contributed by atoms with Crippen molar-refractivity contribution in [1.82, 2.24) is 24.0 Å². The highest BCUT2D eigenvalue weighted by Gasteiger charge is 2.33. The van der Waals surface area contributed by atoms with Crippen LogP contribution in [0.4, 0.5) is 0 Å². The number of methoxy groups -OCH3 is 1. The van der Waals surface area contributed by atoms with Crippen molar-refractivity contribution < 1.29 is 19.1 Å². The van der Waals surface area contributed by atoms with E-state index in [9.17, 15) is 9.59 Å². The second-order valence-electron chi connectivity index (χ2n) is 13.5. The van der Waals surface area contributed by atoms with Crippen molar-refractivity contribution in [3.8, 4) is 17.0 Å². The Bertz CT molecular complexity index is 1910. The number of aromatic nitrogens is 3. The highest BCUT2D eigenvalue weighted by atomic mass is 32.2. The molecule has 3 aliphatic rings. The fourth-order valence-corrected chi connectivity index (χ4v) is 8.22. The molecule has 1 saturated carbocycles. The maximum Gasteiger partial charge on any atom is 0.261 e. The molecule has 10 heteroatoms. The van der Waals surface area contributed by atoms with Crippen LogP contribution in [0.15, 0.2) is 36.4 Å². The molecule has 0 bridgehead atoms. The Kier molecular flexibility index (Phi) is 9.13. The van der Waals surface area contributed by atoms with Gasteiger partial charge < -0.3 is 18.9 Å². The van der Waals surface area contributed by atoms with E-state index in [0.29, 0.717) is 55.6 Å². The fraction of sp³-hybridized carbons (Fsp3) is 0.447. The number of allylic oxidation sites excluding steroid dienone is 1. The Hall–Kier alpha value is -4.02. The van der Waals surface area contributed by atoms with Crippen LogP contribution in [-0.4, -0.2) is 69.7 Å². The van der Waals surface area contributed by atoms with Crippen molar-refractivity contribution in [2.45, 2.75) is 70.6 Å². The number of ether oxygens (including phenoxy) is 2.